The Hall–Kier alpha value is -0.350. The molecule has 0 spiro atoms. The molecule has 0 aromatic heterocycles. The van der Waals surface area contributed by atoms with Crippen molar-refractivity contribution in [3.63, 3.8) is 0 Å². The fourth-order valence-corrected chi connectivity index (χ4v) is 1.81. The molecule has 0 aliphatic rings. The second-order valence-electron chi connectivity index (χ2n) is 4.76. The molecule has 142 valence electrons. The van der Waals surface area contributed by atoms with Crippen LogP contribution in [0.5, 0.6) is 0 Å². The maximum absolute atomic E-state index is 11.7. The largest absolute Gasteiger partial charge is 0.756 e. The third-order valence-electron chi connectivity index (χ3n) is 3.30. The maximum Gasteiger partial charge on any atom is 0.424 e. The first kappa shape index (κ1) is 24.9. The Kier molecular flexibility index (Phi) is 9.98. The van der Waals surface area contributed by atoms with Gasteiger partial charge < -0.3 is 15.2 Å². The normalized spacial score (nSPS) is 15.9. The molecular formula is C11H22F6NO4P. The highest BCUT2D eigenvalue weighted by molar-refractivity contribution is 7.45. The van der Waals surface area contributed by atoms with E-state index in [1.807, 2.05) is 0 Å². The van der Waals surface area contributed by atoms with Gasteiger partial charge in [0.25, 0.3) is 13.9 Å². The summed E-state index contributed by atoms with van der Waals surface area (Å²) in [4.78, 5) is 10.3. The molecule has 0 saturated heterocycles. The number of phosphoric acid groups is 1. The van der Waals surface area contributed by atoms with Crippen molar-refractivity contribution in [2.24, 2.45) is 0 Å². The first-order valence-electron chi connectivity index (χ1n) is 6.62. The van der Waals surface area contributed by atoms with Gasteiger partial charge in [-0.2, -0.15) is 26.3 Å². The summed E-state index contributed by atoms with van der Waals surface area (Å²) >= 11 is 0. The van der Waals surface area contributed by atoms with Crippen molar-refractivity contribution in [2.75, 3.05) is 7.11 Å². The molecule has 0 rings (SSSR count). The lowest BCUT2D eigenvalue weighted by atomic mass is 9.92. The van der Waals surface area contributed by atoms with Crippen LogP contribution in [0.2, 0.25) is 0 Å². The van der Waals surface area contributed by atoms with Crippen molar-refractivity contribution in [3.8, 4) is 0 Å². The van der Waals surface area contributed by atoms with Crippen molar-refractivity contribution in [3.05, 3.63) is 0 Å². The van der Waals surface area contributed by atoms with Gasteiger partial charge in [-0.05, 0) is 19.3 Å². The lowest BCUT2D eigenvalue weighted by molar-refractivity contribution is -0.480. The lowest BCUT2D eigenvalue weighted by Gasteiger charge is -2.29. The van der Waals surface area contributed by atoms with Gasteiger partial charge in [0.05, 0.1) is 5.54 Å². The highest BCUT2D eigenvalue weighted by atomic mass is 31.2. The van der Waals surface area contributed by atoms with Crippen LogP contribution in [0, 0.1) is 0 Å². The minimum absolute atomic E-state index is 0.373. The first-order chi connectivity index (χ1) is 10.1. The molecule has 1 unspecified atom stereocenters. The van der Waals surface area contributed by atoms with Crippen molar-refractivity contribution < 1.29 is 50.6 Å². The second-order valence-corrected chi connectivity index (χ2v) is 6.23. The van der Waals surface area contributed by atoms with E-state index in [9.17, 15) is 35.8 Å². The zero-order valence-electron chi connectivity index (χ0n) is 13.3. The summed E-state index contributed by atoms with van der Waals surface area (Å²) < 4.78 is 86.8. The van der Waals surface area contributed by atoms with Gasteiger partial charge in [0.1, 0.15) is 0 Å². The number of alkyl halides is 6. The summed E-state index contributed by atoms with van der Waals surface area (Å²) in [5.41, 5.74) is 4.50. The fraction of sp³-hybridized carbons (Fsp3) is 1.00. The van der Waals surface area contributed by atoms with Gasteiger partial charge in [-0.3, -0.25) is 9.09 Å². The minimum atomic E-state index is -5.89. The fourth-order valence-electron chi connectivity index (χ4n) is 1.23. The quantitative estimate of drug-likeness (QED) is 0.570. The van der Waals surface area contributed by atoms with Gasteiger partial charge in [0.2, 0.25) is 0 Å². The topological polar surface area (TPSA) is 86.2 Å². The third kappa shape index (κ3) is 10.2. The van der Waals surface area contributed by atoms with Crippen molar-refractivity contribution >= 4 is 7.82 Å². The molecule has 0 radical (unpaired) electrons. The second kappa shape index (κ2) is 9.22. The molecule has 0 bridgehead atoms. The number of hydrogen-bond donors (Lipinski definition) is 1. The van der Waals surface area contributed by atoms with E-state index in [2.05, 4.69) is 35.6 Å². The molecular weight excluding hydrogens is 355 g/mol. The molecule has 0 saturated carbocycles. The Morgan fingerprint density at radius 2 is 1.30 bits per heavy atom. The van der Waals surface area contributed by atoms with E-state index >= 15 is 0 Å². The predicted molar refractivity (Wildman–Crippen MR) is 68.1 cm³/mol. The molecule has 12 heteroatoms. The van der Waals surface area contributed by atoms with E-state index in [4.69, 9.17) is 0 Å². The van der Waals surface area contributed by atoms with E-state index in [0.717, 1.165) is 0 Å². The van der Waals surface area contributed by atoms with E-state index in [1.165, 1.54) is 19.3 Å². The maximum atomic E-state index is 11.7. The Morgan fingerprint density at radius 3 is 1.43 bits per heavy atom. The zero-order chi connectivity index (χ0) is 19.1. The smallest absolute Gasteiger partial charge is 0.424 e. The SMILES string of the molecule is CCC([NH3+])(CC)CC.COP(=O)([O-])OC(C(F)(F)F)C(F)(F)F. The third-order valence-corrected chi connectivity index (χ3v) is 4.22. The number of phosphoric ester groups is 1. The molecule has 23 heavy (non-hydrogen) atoms. The molecule has 0 aliphatic heterocycles. The van der Waals surface area contributed by atoms with E-state index in [1.54, 1.807) is 0 Å². The van der Waals surface area contributed by atoms with Crippen LogP contribution in [-0.2, 0) is 13.6 Å². The van der Waals surface area contributed by atoms with Gasteiger partial charge in [-0.25, -0.2) is 0 Å². The molecule has 5 nitrogen and oxygen atoms in total. The van der Waals surface area contributed by atoms with Crippen molar-refractivity contribution in [2.45, 2.75) is 64.0 Å². The van der Waals surface area contributed by atoms with Crippen LogP contribution in [0.3, 0.4) is 0 Å². The van der Waals surface area contributed by atoms with Crippen LogP contribution in [-0.4, -0.2) is 31.1 Å². The van der Waals surface area contributed by atoms with Gasteiger partial charge in [-0.1, -0.05) is 20.8 Å². The predicted octanol–water partition coefficient (Wildman–Crippen LogP) is 2.81. The average molecular weight is 377 g/mol. The van der Waals surface area contributed by atoms with E-state index in [0.29, 0.717) is 12.6 Å². The summed E-state index contributed by atoms with van der Waals surface area (Å²) in [6, 6.07) is 0. The Bertz CT molecular complexity index is 361. The molecule has 0 amide bonds. The minimum Gasteiger partial charge on any atom is -0.756 e. The molecule has 0 aromatic carbocycles. The highest BCUT2D eigenvalue weighted by Crippen LogP contribution is 2.47. The van der Waals surface area contributed by atoms with Crippen molar-refractivity contribution in [1.29, 1.82) is 0 Å². The first-order valence-corrected chi connectivity index (χ1v) is 8.08. The molecule has 1 atom stereocenters. The van der Waals surface area contributed by atoms with Crippen LogP contribution in [0.4, 0.5) is 26.3 Å². The van der Waals surface area contributed by atoms with Crippen LogP contribution < -0.4 is 10.6 Å². The average Bonchev–Trinajstić information content (AvgIpc) is 2.42. The highest BCUT2D eigenvalue weighted by Gasteiger charge is 2.59. The zero-order valence-corrected chi connectivity index (χ0v) is 14.1. The van der Waals surface area contributed by atoms with Gasteiger partial charge in [-0.15, -0.1) is 0 Å². The van der Waals surface area contributed by atoms with Crippen LogP contribution >= 0.6 is 7.82 Å². The van der Waals surface area contributed by atoms with Gasteiger partial charge in [0, 0.05) is 7.11 Å². The summed E-state index contributed by atoms with van der Waals surface area (Å²) in [5, 5.41) is 0. The molecule has 0 aliphatic carbocycles. The number of rotatable bonds is 6. The molecule has 0 heterocycles. The summed E-state index contributed by atoms with van der Waals surface area (Å²) in [7, 11) is -5.24. The molecule has 0 aromatic rings. The molecule has 0 fully saturated rings. The molecule has 3 N–H and O–H groups in total. The van der Waals surface area contributed by atoms with Crippen LogP contribution in [0.1, 0.15) is 40.0 Å². The van der Waals surface area contributed by atoms with Crippen molar-refractivity contribution in [1.82, 2.24) is 0 Å². The monoisotopic (exact) mass is 377 g/mol. The van der Waals surface area contributed by atoms with Gasteiger partial charge in [0.15, 0.2) is 0 Å². The summed E-state index contributed by atoms with van der Waals surface area (Å²) in [6.45, 7) is 6.62. The van der Waals surface area contributed by atoms with E-state index in [-0.39, 0.29) is 0 Å². The van der Waals surface area contributed by atoms with Crippen LogP contribution in [0.25, 0.3) is 0 Å². The van der Waals surface area contributed by atoms with Gasteiger partial charge >= 0.3 is 12.4 Å². The number of halogens is 6. The van der Waals surface area contributed by atoms with Crippen LogP contribution in [0.15, 0.2) is 0 Å². The van der Waals surface area contributed by atoms with E-state index < -0.39 is 26.3 Å². The standard InChI is InChI=1S/C7H17N.C4H5F6O4P/c1-4-7(8,5-2)6-3;1-13-15(11,12)14-2(3(5,6)7)4(8,9)10/h4-6,8H2,1-3H3;2H,1H3,(H,11,12). The number of hydrogen-bond acceptors (Lipinski definition) is 4. The number of quaternary nitrogens is 1. The summed E-state index contributed by atoms with van der Waals surface area (Å²) in [5.74, 6) is 0. The lowest BCUT2D eigenvalue weighted by Crippen LogP contribution is -2.71. The summed E-state index contributed by atoms with van der Waals surface area (Å²) in [6.07, 6.45) is -12.6. The Morgan fingerprint density at radius 1 is 1.00 bits per heavy atom. The Balaban J connectivity index is 0. The Labute approximate surface area is 130 Å².